The fraction of sp³-hybridized carbons (Fsp3) is 0.488. The molecule has 0 aliphatic carbocycles. The van der Waals surface area contributed by atoms with Crippen molar-refractivity contribution in [2.75, 3.05) is 19.7 Å². The molecule has 1 aliphatic rings. The molecule has 10 nitrogen and oxygen atoms in total. The highest BCUT2D eigenvalue weighted by molar-refractivity contribution is 5.88. The summed E-state index contributed by atoms with van der Waals surface area (Å²) in [6.07, 6.45) is 1.12. The number of carbonyl (C=O) groups is 4. The molecule has 1 fully saturated rings. The molecule has 1 saturated heterocycles. The van der Waals surface area contributed by atoms with Crippen molar-refractivity contribution in [3.63, 3.8) is 0 Å². The Labute approximate surface area is 315 Å². The molecule has 0 spiro atoms. The number of ether oxygens (including phenoxy) is 2. The van der Waals surface area contributed by atoms with Crippen LogP contribution in [-0.2, 0) is 32.0 Å². The molecule has 4 rings (SSSR count). The minimum absolute atomic E-state index is 0.154. The van der Waals surface area contributed by atoms with Gasteiger partial charge in [0.05, 0.1) is 12.5 Å². The molecule has 4 atom stereocenters. The number of hydrogen-bond acceptors (Lipinski definition) is 6. The third-order valence-electron chi connectivity index (χ3n) is 9.34. The molecule has 0 aromatic heterocycles. The lowest BCUT2D eigenvalue weighted by Crippen LogP contribution is -2.59. The van der Waals surface area contributed by atoms with Crippen LogP contribution in [0.15, 0.2) is 78.9 Å². The number of hydrogen-bond donors (Lipinski definition) is 3. The average molecular weight is 727 g/mol. The van der Waals surface area contributed by atoms with E-state index < -0.39 is 30.2 Å². The number of esters is 1. The van der Waals surface area contributed by atoms with Gasteiger partial charge in [-0.05, 0) is 66.7 Å². The van der Waals surface area contributed by atoms with Crippen molar-refractivity contribution in [2.24, 2.45) is 11.3 Å². The van der Waals surface area contributed by atoms with Gasteiger partial charge in [-0.1, -0.05) is 113 Å². The van der Waals surface area contributed by atoms with Gasteiger partial charge in [-0.2, -0.15) is 0 Å². The number of urea groups is 1. The van der Waals surface area contributed by atoms with Crippen molar-refractivity contribution in [1.82, 2.24) is 20.9 Å². The van der Waals surface area contributed by atoms with Gasteiger partial charge in [-0.3, -0.25) is 14.4 Å². The van der Waals surface area contributed by atoms with Crippen molar-refractivity contribution >= 4 is 23.8 Å². The maximum atomic E-state index is 14.2. The smallest absolute Gasteiger partial charge is 0.318 e. The quantitative estimate of drug-likeness (QED) is 0.140. The third-order valence-corrected chi connectivity index (χ3v) is 9.34. The number of carbonyl (C=O) groups excluding carboxylic acids is 4. The van der Waals surface area contributed by atoms with Gasteiger partial charge in [0.25, 0.3) is 5.91 Å². The molecule has 0 unspecified atom stereocenters. The molecule has 4 amide bonds. The van der Waals surface area contributed by atoms with Crippen LogP contribution in [0.5, 0.6) is 5.75 Å². The van der Waals surface area contributed by atoms with Gasteiger partial charge in [-0.15, -0.1) is 0 Å². The number of amides is 4. The molecule has 0 bridgehead atoms. The predicted octanol–water partition coefficient (Wildman–Crippen LogP) is 6.32. The fourth-order valence-electron chi connectivity index (χ4n) is 6.87. The summed E-state index contributed by atoms with van der Waals surface area (Å²) < 4.78 is 12.4. The van der Waals surface area contributed by atoms with Crippen LogP contribution < -0.4 is 20.7 Å². The summed E-state index contributed by atoms with van der Waals surface area (Å²) in [6, 6.07) is 23.2. The number of aryl methyl sites for hydroxylation is 2. The van der Waals surface area contributed by atoms with E-state index in [1.54, 1.807) is 4.90 Å². The summed E-state index contributed by atoms with van der Waals surface area (Å²) in [6.45, 7) is 14.5. The Balaban J connectivity index is 1.68. The highest BCUT2D eigenvalue weighted by atomic mass is 16.5. The zero-order valence-electron chi connectivity index (χ0n) is 32.4. The second-order valence-electron chi connectivity index (χ2n) is 15.7. The van der Waals surface area contributed by atoms with E-state index in [2.05, 4.69) is 16.0 Å². The highest BCUT2D eigenvalue weighted by Gasteiger charge is 2.37. The lowest BCUT2D eigenvalue weighted by Gasteiger charge is -2.37. The van der Waals surface area contributed by atoms with Gasteiger partial charge in [-0.25, -0.2) is 4.79 Å². The van der Waals surface area contributed by atoms with E-state index in [1.165, 1.54) is 0 Å². The number of nitrogens with one attached hydrogen (secondary N) is 3. The zero-order chi connectivity index (χ0) is 38.5. The molecule has 53 heavy (non-hydrogen) atoms. The van der Waals surface area contributed by atoms with Crippen LogP contribution in [0.4, 0.5) is 4.79 Å². The van der Waals surface area contributed by atoms with E-state index >= 15 is 0 Å². The summed E-state index contributed by atoms with van der Waals surface area (Å²) in [5, 5.41) is 9.28. The van der Waals surface area contributed by atoms with Gasteiger partial charge >= 0.3 is 12.0 Å². The monoisotopic (exact) mass is 726 g/mol. The Morgan fingerprint density at radius 1 is 0.849 bits per heavy atom. The van der Waals surface area contributed by atoms with Gasteiger partial charge in [0.15, 0.2) is 6.61 Å². The molecule has 0 saturated carbocycles. The van der Waals surface area contributed by atoms with E-state index in [9.17, 15) is 19.2 Å². The van der Waals surface area contributed by atoms with E-state index in [-0.39, 0.29) is 48.6 Å². The van der Waals surface area contributed by atoms with Crippen LogP contribution in [0.3, 0.4) is 0 Å². The van der Waals surface area contributed by atoms with Crippen molar-refractivity contribution < 1.29 is 28.7 Å². The predicted molar refractivity (Wildman–Crippen MR) is 207 cm³/mol. The maximum Gasteiger partial charge on any atom is 0.318 e. The molecular formula is C43H58N4O6. The number of rotatable bonds is 17. The van der Waals surface area contributed by atoms with Crippen LogP contribution in [0.25, 0.3) is 0 Å². The van der Waals surface area contributed by atoms with Gasteiger partial charge in [0.1, 0.15) is 17.9 Å². The molecule has 10 heteroatoms. The topological polar surface area (TPSA) is 126 Å². The van der Waals surface area contributed by atoms with E-state index in [1.807, 2.05) is 127 Å². The Morgan fingerprint density at radius 3 is 2.02 bits per heavy atom. The fourth-order valence-corrected chi connectivity index (χ4v) is 6.87. The van der Waals surface area contributed by atoms with Gasteiger partial charge < -0.3 is 30.3 Å². The zero-order valence-corrected chi connectivity index (χ0v) is 32.4. The van der Waals surface area contributed by atoms with E-state index in [0.29, 0.717) is 31.7 Å². The Hall–Kier alpha value is -4.86. The summed E-state index contributed by atoms with van der Waals surface area (Å²) in [4.78, 5) is 56.0. The van der Waals surface area contributed by atoms with Gasteiger partial charge in [0, 0.05) is 25.6 Å². The Kier molecular flexibility index (Phi) is 14.9. The van der Waals surface area contributed by atoms with Crippen molar-refractivity contribution in [2.45, 2.75) is 105 Å². The largest absolute Gasteiger partial charge is 0.483 e. The molecule has 3 aromatic rings. The average Bonchev–Trinajstić information content (AvgIpc) is 3.08. The first kappa shape index (κ1) is 40.9. The first-order chi connectivity index (χ1) is 25.2. The number of benzene rings is 3. The molecule has 0 radical (unpaired) electrons. The molecule has 1 heterocycles. The number of para-hydroxylation sites is 1. The van der Waals surface area contributed by atoms with Crippen LogP contribution in [0.2, 0.25) is 0 Å². The van der Waals surface area contributed by atoms with Crippen LogP contribution in [0, 0.1) is 25.2 Å². The standard InChI is InChI=1S/C43H58N4O6/c1-29(2)39(47-23-15-22-44-42(47)51)41(50)45-34(24-32-18-10-8-11-19-32)26-36(53-38(49)27-43(5,6)7)35(25-33-20-12-9-13-21-33)46-37(48)28-52-40-30(3)16-14-17-31(40)4/h8-14,16-21,29,34-36,39H,15,22-28H2,1-7H3,(H,44,51)(H,45,50)(H,46,48)/t34-,35-,36-,39-/m0/s1. The normalized spacial score (nSPS) is 15.5. The lowest BCUT2D eigenvalue weighted by molar-refractivity contribution is -0.154. The van der Waals surface area contributed by atoms with Crippen molar-refractivity contribution in [3.8, 4) is 5.75 Å². The lowest BCUT2D eigenvalue weighted by atomic mass is 9.91. The van der Waals surface area contributed by atoms with Crippen molar-refractivity contribution in [1.29, 1.82) is 0 Å². The highest BCUT2D eigenvalue weighted by Crippen LogP contribution is 2.25. The first-order valence-corrected chi connectivity index (χ1v) is 18.8. The van der Waals surface area contributed by atoms with Crippen LogP contribution >= 0.6 is 0 Å². The van der Waals surface area contributed by atoms with Gasteiger partial charge in [0.2, 0.25) is 5.91 Å². The minimum Gasteiger partial charge on any atom is -0.483 e. The maximum absolute atomic E-state index is 14.2. The van der Waals surface area contributed by atoms with Crippen LogP contribution in [0.1, 0.15) is 76.1 Å². The van der Waals surface area contributed by atoms with Crippen molar-refractivity contribution in [3.05, 3.63) is 101 Å². The SMILES string of the molecule is Cc1cccc(C)c1OCC(=O)N[C@@H](Cc1ccccc1)[C@H](C[C@H](Cc1ccccc1)NC(=O)[C@H](C(C)C)N1CCCNC1=O)OC(=O)CC(C)(C)C. The second-order valence-corrected chi connectivity index (χ2v) is 15.7. The molecule has 3 N–H and O–H groups in total. The summed E-state index contributed by atoms with van der Waals surface area (Å²) in [5.74, 6) is -0.522. The minimum atomic E-state index is -0.820. The van der Waals surface area contributed by atoms with Crippen LogP contribution in [-0.4, -0.2) is 72.6 Å². The molecular weight excluding hydrogens is 668 g/mol. The molecule has 3 aromatic carbocycles. The number of nitrogens with zero attached hydrogens (tertiary/aromatic N) is 1. The Morgan fingerprint density at radius 2 is 1.45 bits per heavy atom. The summed E-state index contributed by atoms with van der Waals surface area (Å²) >= 11 is 0. The second kappa shape index (κ2) is 19.3. The summed E-state index contributed by atoms with van der Waals surface area (Å²) in [5.41, 5.74) is 3.45. The molecule has 286 valence electrons. The van der Waals surface area contributed by atoms with E-state index in [0.717, 1.165) is 28.7 Å². The Bertz CT molecular complexity index is 1640. The molecule has 1 aliphatic heterocycles. The summed E-state index contributed by atoms with van der Waals surface area (Å²) in [7, 11) is 0. The first-order valence-electron chi connectivity index (χ1n) is 18.8. The third kappa shape index (κ3) is 12.9. The van der Waals surface area contributed by atoms with E-state index in [4.69, 9.17) is 9.47 Å².